The third-order valence-corrected chi connectivity index (χ3v) is 2.81. The molecule has 0 aliphatic rings. The van der Waals surface area contributed by atoms with Gasteiger partial charge in [0.15, 0.2) is 5.82 Å². The minimum Gasteiger partial charge on any atom is -0.434 e. The van der Waals surface area contributed by atoms with Gasteiger partial charge >= 0.3 is 6.61 Å². The Morgan fingerprint density at radius 2 is 2.10 bits per heavy atom. The van der Waals surface area contributed by atoms with E-state index in [0.29, 0.717) is 17.9 Å². The summed E-state index contributed by atoms with van der Waals surface area (Å²) in [5.41, 5.74) is 0.670. The topological polar surface area (TPSA) is 52.0 Å². The predicted octanol–water partition coefficient (Wildman–Crippen LogP) is 2.27. The molecular weight excluding hydrogens is 266 g/mol. The maximum atomic E-state index is 12.4. The van der Waals surface area contributed by atoms with Gasteiger partial charge in [-0.15, -0.1) is 0 Å². The summed E-state index contributed by atoms with van der Waals surface area (Å²) in [6, 6.07) is 6.56. The molecule has 1 heterocycles. The largest absolute Gasteiger partial charge is 0.434 e. The first-order valence-electron chi connectivity index (χ1n) is 6.18. The van der Waals surface area contributed by atoms with E-state index in [-0.39, 0.29) is 11.8 Å². The van der Waals surface area contributed by atoms with Gasteiger partial charge in [0, 0.05) is 18.7 Å². The number of hydrogen-bond donors (Lipinski definition) is 1. The molecule has 0 saturated heterocycles. The molecule has 1 atom stereocenters. The highest BCUT2D eigenvalue weighted by molar-refractivity contribution is 5.35. The molecule has 5 nitrogen and oxygen atoms in total. The van der Waals surface area contributed by atoms with Crippen molar-refractivity contribution in [2.24, 2.45) is 7.05 Å². The Hall–Kier alpha value is -2.02. The number of benzene rings is 1. The minimum absolute atomic E-state index is 0.159. The van der Waals surface area contributed by atoms with Crippen molar-refractivity contribution in [3.05, 3.63) is 42.0 Å². The number of hydrogen-bond acceptors (Lipinski definition) is 4. The van der Waals surface area contributed by atoms with Gasteiger partial charge in [-0.1, -0.05) is 18.2 Å². The van der Waals surface area contributed by atoms with Crippen LogP contribution in [0.3, 0.4) is 0 Å². The Morgan fingerprint density at radius 3 is 2.75 bits per heavy atom. The highest BCUT2D eigenvalue weighted by Crippen LogP contribution is 2.26. The second kappa shape index (κ2) is 6.42. The van der Waals surface area contributed by atoms with Crippen molar-refractivity contribution in [1.82, 2.24) is 20.1 Å². The van der Waals surface area contributed by atoms with Crippen LogP contribution in [-0.2, 0) is 13.6 Å². The molecular formula is C13H16F2N4O. The number of alkyl halides is 2. The van der Waals surface area contributed by atoms with Crippen LogP contribution in [0, 0.1) is 0 Å². The third-order valence-electron chi connectivity index (χ3n) is 2.81. The average Bonchev–Trinajstić information content (AvgIpc) is 2.82. The van der Waals surface area contributed by atoms with E-state index in [4.69, 9.17) is 0 Å². The Morgan fingerprint density at radius 1 is 1.35 bits per heavy atom. The SMILES string of the molecule is CC(NCc1ncn(C)n1)c1ccccc1OC(F)F. The first kappa shape index (κ1) is 14.4. The quantitative estimate of drug-likeness (QED) is 0.883. The van der Waals surface area contributed by atoms with Crippen molar-refractivity contribution in [2.75, 3.05) is 0 Å². The van der Waals surface area contributed by atoms with E-state index in [0.717, 1.165) is 0 Å². The number of nitrogens with one attached hydrogen (secondary N) is 1. The molecule has 0 aliphatic carbocycles. The van der Waals surface area contributed by atoms with E-state index in [1.165, 1.54) is 6.07 Å². The molecule has 2 aromatic rings. The van der Waals surface area contributed by atoms with E-state index in [1.54, 1.807) is 36.3 Å². The summed E-state index contributed by atoms with van der Waals surface area (Å²) < 4.78 is 30.8. The van der Waals surface area contributed by atoms with E-state index >= 15 is 0 Å². The maximum absolute atomic E-state index is 12.4. The molecule has 1 unspecified atom stereocenters. The Balaban J connectivity index is 2.03. The van der Waals surface area contributed by atoms with Crippen LogP contribution in [0.15, 0.2) is 30.6 Å². The highest BCUT2D eigenvalue weighted by Gasteiger charge is 2.14. The van der Waals surface area contributed by atoms with E-state index in [2.05, 4.69) is 20.1 Å². The fourth-order valence-electron chi connectivity index (χ4n) is 1.86. The highest BCUT2D eigenvalue weighted by atomic mass is 19.3. The third kappa shape index (κ3) is 3.74. The second-order valence-electron chi connectivity index (χ2n) is 4.35. The zero-order valence-corrected chi connectivity index (χ0v) is 11.3. The zero-order valence-electron chi connectivity index (χ0n) is 11.3. The standard InChI is InChI=1S/C13H16F2N4O/c1-9(16-7-12-17-8-19(2)18-12)10-5-3-4-6-11(10)20-13(14)15/h3-6,8-9,13,16H,7H2,1-2H3. The van der Waals surface area contributed by atoms with Crippen LogP contribution in [0.2, 0.25) is 0 Å². The van der Waals surface area contributed by atoms with Crippen LogP contribution in [-0.4, -0.2) is 21.4 Å². The molecule has 0 fully saturated rings. The normalized spacial score (nSPS) is 12.7. The van der Waals surface area contributed by atoms with Crippen molar-refractivity contribution >= 4 is 0 Å². The van der Waals surface area contributed by atoms with E-state index < -0.39 is 6.61 Å². The number of aryl methyl sites for hydroxylation is 1. The van der Waals surface area contributed by atoms with E-state index in [1.807, 2.05) is 6.92 Å². The van der Waals surface area contributed by atoms with Crippen molar-refractivity contribution < 1.29 is 13.5 Å². The van der Waals surface area contributed by atoms with Gasteiger partial charge in [-0.25, -0.2) is 4.98 Å². The van der Waals surface area contributed by atoms with Crippen molar-refractivity contribution in [2.45, 2.75) is 26.1 Å². The molecule has 0 saturated carbocycles. The Kier molecular flexibility index (Phi) is 4.62. The Bertz CT molecular complexity index is 559. The maximum Gasteiger partial charge on any atom is 0.387 e. The zero-order chi connectivity index (χ0) is 14.5. The minimum atomic E-state index is -2.83. The smallest absolute Gasteiger partial charge is 0.387 e. The van der Waals surface area contributed by atoms with Crippen molar-refractivity contribution in [3.63, 3.8) is 0 Å². The van der Waals surface area contributed by atoms with Crippen LogP contribution < -0.4 is 10.1 Å². The fourth-order valence-corrected chi connectivity index (χ4v) is 1.86. The molecule has 1 N–H and O–H groups in total. The van der Waals surface area contributed by atoms with Gasteiger partial charge in [-0.05, 0) is 13.0 Å². The summed E-state index contributed by atoms with van der Waals surface area (Å²) >= 11 is 0. The number of aromatic nitrogens is 3. The fraction of sp³-hybridized carbons (Fsp3) is 0.385. The van der Waals surface area contributed by atoms with Gasteiger partial charge in [0.1, 0.15) is 12.1 Å². The lowest BCUT2D eigenvalue weighted by molar-refractivity contribution is -0.0506. The molecule has 2 rings (SSSR count). The van der Waals surface area contributed by atoms with Gasteiger partial charge in [0.2, 0.25) is 0 Å². The first-order valence-corrected chi connectivity index (χ1v) is 6.18. The summed E-state index contributed by atoms with van der Waals surface area (Å²) in [5.74, 6) is 0.822. The molecule has 0 spiro atoms. The molecule has 20 heavy (non-hydrogen) atoms. The molecule has 108 valence electrons. The molecule has 7 heteroatoms. The lowest BCUT2D eigenvalue weighted by Crippen LogP contribution is -2.20. The number of nitrogens with zero attached hydrogens (tertiary/aromatic N) is 3. The lowest BCUT2D eigenvalue weighted by Gasteiger charge is -2.17. The van der Waals surface area contributed by atoms with Crippen LogP contribution in [0.1, 0.15) is 24.4 Å². The molecule has 1 aromatic carbocycles. The summed E-state index contributed by atoms with van der Waals surface area (Å²) in [6.07, 6.45) is 1.61. The molecule has 0 radical (unpaired) electrons. The first-order chi connectivity index (χ1) is 9.56. The van der Waals surface area contributed by atoms with Crippen LogP contribution >= 0.6 is 0 Å². The van der Waals surface area contributed by atoms with Gasteiger partial charge in [-0.2, -0.15) is 13.9 Å². The molecule has 0 amide bonds. The van der Waals surface area contributed by atoms with Crippen molar-refractivity contribution in [3.8, 4) is 5.75 Å². The van der Waals surface area contributed by atoms with Crippen molar-refractivity contribution in [1.29, 1.82) is 0 Å². The number of rotatable bonds is 6. The van der Waals surface area contributed by atoms with Gasteiger partial charge < -0.3 is 10.1 Å². The number of para-hydroxylation sites is 1. The molecule has 0 bridgehead atoms. The second-order valence-corrected chi connectivity index (χ2v) is 4.35. The number of halogens is 2. The van der Waals surface area contributed by atoms with Gasteiger partial charge in [0.05, 0.1) is 6.54 Å². The van der Waals surface area contributed by atoms with E-state index in [9.17, 15) is 8.78 Å². The van der Waals surface area contributed by atoms with Crippen LogP contribution in [0.25, 0.3) is 0 Å². The van der Waals surface area contributed by atoms with Crippen LogP contribution in [0.4, 0.5) is 8.78 Å². The van der Waals surface area contributed by atoms with Crippen LogP contribution in [0.5, 0.6) is 5.75 Å². The summed E-state index contributed by atoms with van der Waals surface area (Å²) in [7, 11) is 1.78. The van der Waals surface area contributed by atoms with Gasteiger partial charge in [-0.3, -0.25) is 4.68 Å². The predicted molar refractivity (Wildman–Crippen MR) is 69.3 cm³/mol. The number of ether oxygens (including phenoxy) is 1. The molecule has 1 aromatic heterocycles. The average molecular weight is 282 g/mol. The summed E-state index contributed by atoms with van der Waals surface area (Å²) in [5, 5.41) is 7.32. The Labute approximate surface area is 115 Å². The summed E-state index contributed by atoms with van der Waals surface area (Å²) in [4.78, 5) is 4.09. The monoisotopic (exact) mass is 282 g/mol. The molecule has 0 aliphatic heterocycles. The van der Waals surface area contributed by atoms with Gasteiger partial charge in [0.25, 0.3) is 0 Å². The summed E-state index contributed by atoms with van der Waals surface area (Å²) in [6.45, 7) is -0.512. The lowest BCUT2D eigenvalue weighted by atomic mass is 10.1.